The van der Waals surface area contributed by atoms with Crippen LogP contribution in [0.2, 0.25) is 0 Å². The number of amides is 1. The van der Waals surface area contributed by atoms with Gasteiger partial charge in [0.05, 0.1) is 12.3 Å². The lowest BCUT2D eigenvalue weighted by atomic mass is 10.2. The zero-order chi connectivity index (χ0) is 14.7. The van der Waals surface area contributed by atoms with Crippen molar-refractivity contribution in [1.82, 2.24) is 4.90 Å². The van der Waals surface area contributed by atoms with Gasteiger partial charge in [-0.3, -0.25) is 0 Å². The van der Waals surface area contributed by atoms with Gasteiger partial charge in [0, 0.05) is 26.2 Å². The van der Waals surface area contributed by atoms with Gasteiger partial charge in [-0.2, -0.15) is 0 Å². The summed E-state index contributed by atoms with van der Waals surface area (Å²) >= 11 is 0. The van der Waals surface area contributed by atoms with Gasteiger partial charge in [-0.15, -0.1) is 0 Å². The third-order valence-electron chi connectivity index (χ3n) is 3.16. The number of rotatable bonds is 3. The normalized spacial score (nSPS) is 15.2. The molecule has 0 unspecified atom stereocenters. The van der Waals surface area contributed by atoms with Crippen molar-refractivity contribution < 1.29 is 23.8 Å². The summed E-state index contributed by atoms with van der Waals surface area (Å²) < 4.78 is 10.0. The zero-order valence-corrected chi connectivity index (χ0v) is 11.2. The zero-order valence-electron chi connectivity index (χ0n) is 11.2. The molecule has 2 heterocycles. The van der Waals surface area contributed by atoms with Gasteiger partial charge in [0.15, 0.2) is 0 Å². The summed E-state index contributed by atoms with van der Waals surface area (Å²) in [7, 11) is 0. The van der Waals surface area contributed by atoms with Crippen molar-refractivity contribution in [3.63, 3.8) is 0 Å². The molecule has 1 fully saturated rings. The Bertz CT molecular complexity index is 505. The molecule has 1 amide bonds. The van der Waals surface area contributed by atoms with E-state index in [-0.39, 0.29) is 18.1 Å². The molecule has 3 N–H and O–H groups in total. The van der Waals surface area contributed by atoms with Crippen LogP contribution in [-0.4, -0.2) is 54.9 Å². The van der Waals surface area contributed by atoms with Crippen molar-refractivity contribution in [1.29, 1.82) is 0 Å². The molecule has 1 aliphatic heterocycles. The standard InChI is InChI=1S/C12H17N3O5/c1-2-19-11(16)10-9(13)8(7-20-10)14-3-5-15(6-4-14)12(17)18/h7H,2-6,13H2,1H3,(H,17,18). The van der Waals surface area contributed by atoms with Crippen LogP contribution in [0.25, 0.3) is 0 Å². The van der Waals surface area contributed by atoms with Crippen LogP contribution in [0.15, 0.2) is 10.7 Å². The molecule has 1 saturated heterocycles. The molecule has 0 atom stereocenters. The molecule has 1 aliphatic rings. The van der Waals surface area contributed by atoms with E-state index in [1.807, 2.05) is 4.90 Å². The molecule has 2 rings (SSSR count). The second-order valence-corrected chi connectivity index (χ2v) is 4.34. The molecule has 20 heavy (non-hydrogen) atoms. The van der Waals surface area contributed by atoms with Crippen molar-refractivity contribution in [2.45, 2.75) is 6.92 Å². The fraction of sp³-hybridized carbons (Fsp3) is 0.500. The van der Waals surface area contributed by atoms with E-state index in [1.54, 1.807) is 6.92 Å². The quantitative estimate of drug-likeness (QED) is 0.791. The number of carbonyl (C=O) groups excluding carboxylic acids is 1. The monoisotopic (exact) mass is 283 g/mol. The minimum atomic E-state index is -0.933. The largest absolute Gasteiger partial charge is 0.465 e. The van der Waals surface area contributed by atoms with Gasteiger partial charge in [0.1, 0.15) is 12.0 Å². The summed E-state index contributed by atoms with van der Waals surface area (Å²) in [6.07, 6.45) is 0.468. The summed E-state index contributed by atoms with van der Waals surface area (Å²) in [4.78, 5) is 25.7. The van der Waals surface area contributed by atoms with Gasteiger partial charge in [-0.25, -0.2) is 9.59 Å². The maximum absolute atomic E-state index is 11.6. The number of furan rings is 1. The van der Waals surface area contributed by atoms with Crippen molar-refractivity contribution in [3.8, 4) is 0 Å². The predicted molar refractivity (Wildman–Crippen MR) is 70.9 cm³/mol. The van der Waals surface area contributed by atoms with E-state index >= 15 is 0 Å². The number of piperazine rings is 1. The molecule has 8 heteroatoms. The molecule has 0 bridgehead atoms. The first kappa shape index (κ1) is 14.0. The molecular formula is C12H17N3O5. The number of nitrogen functional groups attached to an aromatic ring is 1. The number of nitrogens with two attached hydrogens (primary N) is 1. The van der Waals surface area contributed by atoms with Gasteiger partial charge in [0.25, 0.3) is 0 Å². The topological polar surface area (TPSA) is 109 Å². The number of nitrogens with zero attached hydrogens (tertiary/aromatic N) is 2. The van der Waals surface area contributed by atoms with Crippen molar-refractivity contribution in [3.05, 3.63) is 12.0 Å². The van der Waals surface area contributed by atoms with E-state index < -0.39 is 12.1 Å². The Hall–Kier alpha value is -2.38. The van der Waals surface area contributed by atoms with Crippen molar-refractivity contribution in [2.75, 3.05) is 43.4 Å². The van der Waals surface area contributed by atoms with Gasteiger partial charge in [-0.1, -0.05) is 0 Å². The van der Waals surface area contributed by atoms with Gasteiger partial charge in [-0.05, 0) is 6.92 Å². The lowest BCUT2D eigenvalue weighted by molar-refractivity contribution is 0.0491. The first-order valence-corrected chi connectivity index (χ1v) is 6.31. The van der Waals surface area contributed by atoms with Crippen molar-refractivity contribution in [2.24, 2.45) is 0 Å². The van der Waals surface area contributed by atoms with Crippen LogP contribution < -0.4 is 10.6 Å². The molecule has 1 aromatic rings. The maximum Gasteiger partial charge on any atom is 0.407 e. The Morgan fingerprint density at radius 1 is 1.40 bits per heavy atom. The smallest absolute Gasteiger partial charge is 0.407 e. The average molecular weight is 283 g/mol. The number of carbonyl (C=O) groups is 2. The number of anilines is 2. The molecular weight excluding hydrogens is 266 g/mol. The van der Waals surface area contributed by atoms with Gasteiger partial charge >= 0.3 is 12.1 Å². The SMILES string of the molecule is CCOC(=O)c1occ(N2CCN(C(=O)O)CC2)c1N. The van der Waals surface area contributed by atoms with Crippen LogP contribution in [0, 0.1) is 0 Å². The summed E-state index contributed by atoms with van der Waals surface area (Å²) in [5.74, 6) is -0.608. The van der Waals surface area contributed by atoms with Crippen molar-refractivity contribution >= 4 is 23.4 Å². The summed E-state index contributed by atoms with van der Waals surface area (Å²) in [6.45, 7) is 3.70. The summed E-state index contributed by atoms with van der Waals surface area (Å²) in [5.41, 5.74) is 6.72. The Balaban J connectivity index is 2.08. The highest BCUT2D eigenvalue weighted by molar-refractivity contribution is 5.95. The molecule has 8 nitrogen and oxygen atoms in total. The summed E-state index contributed by atoms with van der Waals surface area (Å²) in [6, 6.07) is 0. The number of hydrogen-bond acceptors (Lipinski definition) is 6. The number of esters is 1. The van der Waals surface area contributed by atoms with Crippen LogP contribution in [0.5, 0.6) is 0 Å². The molecule has 0 spiro atoms. The van der Waals surface area contributed by atoms with E-state index in [0.29, 0.717) is 31.9 Å². The molecule has 0 saturated carbocycles. The molecule has 0 aliphatic carbocycles. The van der Waals surface area contributed by atoms with Crippen LogP contribution in [0.3, 0.4) is 0 Å². The second-order valence-electron chi connectivity index (χ2n) is 4.34. The fourth-order valence-electron chi connectivity index (χ4n) is 2.10. The minimum absolute atomic E-state index is 0.0116. The number of ether oxygens (including phenoxy) is 1. The van der Waals surface area contributed by atoms with E-state index in [9.17, 15) is 9.59 Å². The molecule has 0 aromatic carbocycles. The van der Waals surface area contributed by atoms with Crippen LogP contribution in [0.4, 0.5) is 16.2 Å². The van der Waals surface area contributed by atoms with E-state index in [2.05, 4.69) is 0 Å². The predicted octanol–water partition coefficient (Wildman–Crippen LogP) is 0.839. The van der Waals surface area contributed by atoms with Gasteiger partial charge < -0.3 is 29.8 Å². The molecule has 0 radical (unpaired) electrons. The minimum Gasteiger partial charge on any atom is -0.465 e. The number of hydrogen-bond donors (Lipinski definition) is 2. The third kappa shape index (κ3) is 2.63. The average Bonchev–Trinajstić information content (AvgIpc) is 2.81. The lowest BCUT2D eigenvalue weighted by Crippen LogP contribution is -2.48. The van der Waals surface area contributed by atoms with E-state index in [0.717, 1.165) is 0 Å². The Labute approximate surface area is 115 Å². The highest BCUT2D eigenvalue weighted by atomic mass is 16.5. The Kier molecular flexibility index (Phi) is 4.02. The van der Waals surface area contributed by atoms with E-state index in [1.165, 1.54) is 11.2 Å². The summed E-state index contributed by atoms with van der Waals surface area (Å²) in [5, 5.41) is 8.89. The first-order chi connectivity index (χ1) is 9.54. The van der Waals surface area contributed by atoms with Crippen LogP contribution in [-0.2, 0) is 4.74 Å². The van der Waals surface area contributed by atoms with Gasteiger partial charge in [0.2, 0.25) is 5.76 Å². The first-order valence-electron chi connectivity index (χ1n) is 6.31. The maximum atomic E-state index is 11.6. The second kappa shape index (κ2) is 5.72. The lowest BCUT2D eigenvalue weighted by Gasteiger charge is -2.33. The van der Waals surface area contributed by atoms with E-state index in [4.69, 9.17) is 20.0 Å². The molecule has 110 valence electrons. The highest BCUT2D eigenvalue weighted by Crippen LogP contribution is 2.30. The Morgan fingerprint density at radius 3 is 2.60 bits per heavy atom. The number of carboxylic acid groups (broad SMARTS) is 1. The van der Waals surface area contributed by atoms with Crippen LogP contribution in [0.1, 0.15) is 17.5 Å². The third-order valence-corrected chi connectivity index (χ3v) is 3.16. The fourth-order valence-corrected chi connectivity index (χ4v) is 2.10. The molecule has 1 aromatic heterocycles. The highest BCUT2D eigenvalue weighted by Gasteiger charge is 2.26. The van der Waals surface area contributed by atoms with Crippen LogP contribution >= 0.6 is 0 Å². The Morgan fingerprint density at radius 2 is 2.05 bits per heavy atom.